The summed E-state index contributed by atoms with van der Waals surface area (Å²) in [5.74, 6) is -0.430. The summed E-state index contributed by atoms with van der Waals surface area (Å²) in [6.07, 6.45) is 0. The van der Waals surface area contributed by atoms with Crippen LogP contribution in [0.2, 0.25) is 0 Å². The van der Waals surface area contributed by atoms with E-state index in [0.29, 0.717) is 10.8 Å². The molecule has 0 aromatic heterocycles. The van der Waals surface area contributed by atoms with E-state index < -0.39 is 20.8 Å². The molecule has 3 aromatic rings. The molecule has 10 nitrogen and oxygen atoms in total. The molecule has 0 spiro atoms. The number of rotatable bonds is 4. The first-order valence-electron chi connectivity index (χ1n) is 7.36. The van der Waals surface area contributed by atoms with Crippen LogP contribution >= 0.6 is 0 Å². The molecular formula is C16H12N4O6S. The van der Waals surface area contributed by atoms with Gasteiger partial charge in [0, 0.05) is 11.5 Å². The van der Waals surface area contributed by atoms with E-state index in [1.165, 1.54) is 36.4 Å². The Hall–Kier alpha value is -3.57. The molecule has 0 aliphatic carbocycles. The minimum absolute atomic E-state index is 0.00782. The monoisotopic (exact) mass is 388 g/mol. The van der Waals surface area contributed by atoms with Gasteiger partial charge in [0.1, 0.15) is 17.1 Å². The second kappa shape index (κ2) is 6.63. The third-order valence-corrected chi connectivity index (χ3v) is 4.57. The number of hydrogen-bond donors (Lipinski definition) is 3. The summed E-state index contributed by atoms with van der Waals surface area (Å²) in [5.41, 5.74) is 6.06. The van der Waals surface area contributed by atoms with Gasteiger partial charge in [-0.2, -0.15) is 8.42 Å². The van der Waals surface area contributed by atoms with Crippen molar-refractivity contribution in [1.82, 2.24) is 0 Å². The molecule has 0 atom stereocenters. The number of phenolic OH excluding ortho intramolecular Hbond substituents is 1. The molecule has 3 aromatic carbocycles. The third-order valence-electron chi connectivity index (χ3n) is 3.72. The van der Waals surface area contributed by atoms with Crippen LogP contribution in [0.25, 0.3) is 10.8 Å². The van der Waals surface area contributed by atoms with Gasteiger partial charge in [0.15, 0.2) is 0 Å². The number of aromatic hydroxyl groups is 1. The zero-order valence-corrected chi connectivity index (χ0v) is 14.3. The van der Waals surface area contributed by atoms with Gasteiger partial charge < -0.3 is 10.8 Å². The zero-order valence-electron chi connectivity index (χ0n) is 13.5. The van der Waals surface area contributed by atoms with Gasteiger partial charge >= 0.3 is 0 Å². The average Bonchev–Trinajstić information content (AvgIpc) is 2.60. The van der Waals surface area contributed by atoms with Crippen LogP contribution in [0.4, 0.5) is 22.7 Å². The lowest BCUT2D eigenvalue weighted by atomic mass is 10.1. The van der Waals surface area contributed by atoms with Gasteiger partial charge in [-0.05, 0) is 29.7 Å². The fraction of sp³-hybridized carbons (Fsp3) is 0. The lowest BCUT2D eigenvalue weighted by Gasteiger charge is -2.06. The van der Waals surface area contributed by atoms with E-state index in [4.69, 9.17) is 10.3 Å². The first-order chi connectivity index (χ1) is 12.7. The summed E-state index contributed by atoms with van der Waals surface area (Å²) in [7, 11) is -4.36. The largest absolute Gasteiger partial charge is 0.505 e. The van der Waals surface area contributed by atoms with Crippen molar-refractivity contribution < 1.29 is 23.0 Å². The van der Waals surface area contributed by atoms with Crippen LogP contribution < -0.4 is 5.73 Å². The van der Waals surface area contributed by atoms with Crippen molar-refractivity contribution in [2.45, 2.75) is 4.90 Å². The van der Waals surface area contributed by atoms with Crippen molar-refractivity contribution in [1.29, 1.82) is 0 Å². The number of nitrogens with two attached hydrogens (primary N) is 1. The number of nitrogens with zero attached hydrogens (tertiary/aromatic N) is 3. The second-order valence-corrected chi connectivity index (χ2v) is 6.91. The van der Waals surface area contributed by atoms with Crippen LogP contribution in [-0.2, 0) is 10.1 Å². The number of nitro benzene ring substituents is 1. The van der Waals surface area contributed by atoms with Crippen molar-refractivity contribution in [3.63, 3.8) is 0 Å². The van der Waals surface area contributed by atoms with E-state index in [1.54, 1.807) is 6.07 Å². The highest BCUT2D eigenvalue weighted by molar-refractivity contribution is 7.85. The van der Waals surface area contributed by atoms with Gasteiger partial charge in [0.25, 0.3) is 15.8 Å². The Morgan fingerprint density at radius 3 is 2.41 bits per heavy atom. The first kappa shape index (κ1) is 18.2. The highest BCUT2D eigenvalue weighted by Crippen LogP contribution is 2.36. The lowest BCUT2D eigenvalue weighted by molar-refractivity contribution is -0.384. The number of nitro groups is 1. The molecule has 0 heterocycles. The van der Waals surface area contributed by atoms with Gasteiger partial charge in [-0.15, -0.1) is 10.2 Å². The molecule has 138 valence electrons. The summed E-state index contributed by atoms with van der Waals surface area (Å²) in [6, 6.07) is 10.2. The fourth-order valence-electron chi connectivity index (χ4n) is 2.39. The van der Waals surface area contributed by atoms with Crippen LogP contribution in [0.3, 0.4) is 0 Å². The molecule has 0 fully saturated rings. The molecule has 0 radical (unpaired) electrons. The second-order valence-electron chi connectivity index (χ2n) is 5.49. The molecular weight excluding hydrogens is 376 g/mol. The van der Waals surface area contributed by atoms with Crippen molar-refractivity contribution >= 4 is 43.6 Å². The predicted octanol–water partition coefficient (Wildman–Crippen LogP) is 3.70. The smallest absolute Gasteiger partial charge is 0.294 e. The predicted molar refractivity (Wildman–Crippen MR) is 97.1 cm³/mol. The Bertz CT molecular complexity index is 1210. The van der Waals surface area contributed by atoms with Crippen molar-refractivity contribution in [3.05, 3.63) is 58.6 Å². The van der Waals surface area contributed by atoms with Crippen molar-refractivity contribution in [2.24, 2.45) is 10.2 Å². The molecule has 27 heavy (non-hydrogen) atoms. The minimum Gasteiger partial charge on any atom is -0.505 e. The van der Waals surface area contributed by atoms with Crippen LogP contribution in [-0.4, -0.2) is 23.0 Å². The highest BCUT2D eigenvalue weighted by atomic mass is 32.2. The Morgan fingerprint density at radius 1 is 1.04 bits per heavy atom. The van der Waals surface area contributed by atoms with Gasteiger partial charge in [0.05, 0.1) is 21.6 Å². The number of azo groups is 1. The van der Waals surface area contributed by atoms with E-state index in [9.17, 15) is 23.6 Å². The lowest BCUT2D eigenvalue weighted by Crippen LogP contribution is -1.97. The maximum absolute atomic E-state index is 11.3. The number of fused-ring (bicyclic) bond motifs is 1. The Labute approximate surface area is 152 Å². The Balaban J connectivity index is 2.08. The third kappa shape index (κ3) is 3.68. The normalized spacial score (nSPS) is 11.9. The SMILES string of the molecule is Nc1ccc2cc(S(=O)(=O)O)ccc2c1N=Nc1ccc([N+](=O)[O-])cc1O. The van der Waals surface area contributed by atoms with Gasteiger partial charge in [0.2, 0.25) is 0 Å². The van der Waals surface area contributed by atoms with E-state index in [1.807, 2.05) is 0 Å². The van der Waals surface area contributed by atoms with E-state index in [2.05, 4.69) is 10.2 Å². The minimum atomic E-state index is -4.36. The Kier molecular flexibility index (Phi) is 4.47. The van der Waals surface area contributed by atoms with Crippen molar-refractivity contribution in [3.8, 4) is 5.75 Å². The average molecular weight is 388 g/mol. The van der Waals surface area contributed by atoms with Crippen LogP contribution in [0.15, 0.2) is 63.7 Å². The highest BCUT2D eigenvalue weighted by Gasteiger charge is 2.13. The number of nitrogen functional groups attached to an aromatic ring is 1. The number of non-ortho nitro benzene ring substituents is 1. The molecule has 0 saturated heterocycles. The number of benzene rings is 3. The first-order valence-corrected chi connectivity index (χ1v) is 8.80. The summed E-state index contributed by atoms with van der Waals surface area (Å²) >= 11 is 0. The van der Waals surface area contributed by atoms with E-state index in [0.717, 1.165) is 6.07 Å². The maximum Gasteiger partial charge on any atom is 0.294 e. The molecule has 0 unspecified atom stereocenters. The number of hydrogen-bond acceptors (Lipinski definition) is 8. The van der Waals surface area contributed by atoms with E-state index >= 15 is 0 Å². The molecule has 4 N–H and O–H groups in total. The molecule has 0 bridgehead atoms. The van der Waals surface area contributed by atoms with Crippen LogP contribution in [0.1, 0.15) is 0 Å². The molecule has 0 saturated carbocycles. The summed E-state index contributed by atoms with van der Waals surface area (Å²) in [6.45, 7) is 0. The summed E-state index contributed by atoms with van der Waals surface area (Å²) < 4.78 is 31.7. The molecule has 0 amide bonds. The number of anilines is 1. The summed E-state index contributed by atoms with van der Waals surface area (Å²) in [4.78, 5) is 9.76. The van der Waals surface area contributed by atoms with Crippen LogP contribution in [0.5, 0.6) is 5.75 Å². The van der Waals surface area contributed by atoms with E-state index in [-0.39, 0.29) is 27.6 Å². The summed E-state index contributed by atoms with van der Waals surface area (Å²) in [5, 5.41) is 29.3. The number of phenols is 1. The topological polar surface area (TPSA) is 168 Å². The standard InChI is InChI=1S/C16H12N4O6S/c17-13-5-1-9-7-11(27(24,25)26)3-4-12(9)16(13)19-18-14-6-2-10(20(22)23)8-15(14)21/h1-8,21H,17H2,(H,24,25,26). The molecule has 0 aliphatic rings. The van der Waals surface area contributed by atoms with Gasteiger partial charge in [-0.3, -0.25) is 14.7 Å². The quantitative estimate of drug-likeness (QED) is 0.201. The van der Waals surface area contributed by atoms with Crippen LogP contribution in [0, 0.1) is 10.1 Å². The van der Waals surface area contributed by atoms with Gasteiger partial charge in [-0.1, -0.05) is 12.1 Å². The van der Waals surface area contributed by atoms with Crippen molar-refractivity contribution in [2.75, 3.05) is 5.73 Å². The molecule has 11 heteroatoms. The fourth-order valence-corrected chi connectivity index (χ4v) is 2.91. The van der Waals surface area contributed by atoms with Gasteiger partial charge in [-0.25, -0.2) is 0 Å². The Morgan fingerprint density at radius 2 is 1.78 bits per heavy atom. The maximum atomic E-state index is 11.3. The molecule has 0 aliphatic heterocycles. The zero-order chi connectivity index (χ0) is 19.8. The molecule has 3 rings (SSSR count).